The molecule has 0 aliphatic carbocycles. The number of benzene rings is 4. The average molecular weight is 884 g/mol. The molecular formula is C46H50ClF2N8O6+. The monoisotopic (exact) mass is 883 g/mol. The predicted octanol–water partition coefficient (Wildman–Crippen LogP) is 6.09. The number of rotatable bonds is 15. The number of hydrogen-bond donors (Lipinski definition) is 1. The summed E-state index contributed by atoms with van der Waals surface area (Å²) in [6.45, 7) is 9.42. The van der Waals surface area contributed by atoms with Crippen molar-refractivity contribution in [1.29, 1.82) is 0 Å². The van der Waals surface area contributed by atoms with Gasteiger partial charge in [0.1, 0.15) is 41.6 Å². The first-order chi connectivity index (χ1) is 30.4. The Kier molecular flexibility index (Phi) is 12.9. The van der Waals surface area contributed by atoms with Crippen LogP contribution in [0.3, 0.4) is 0 Å². The highest BCUT2D eigenvalue weighted by molar-refractivity contribution is 6.32. The molecule has 0 bridgehead atoms. The van der Waals surface area contributed by atoms with Crippen molar-refractivity contribution in [1.82, 2.24) is 24.1 Å². The van der Waals surface area contributed by atoms with Crippen molar-refractivity contribution in [3.05, 3.63) is 142 Å². The second-order valence-corrected chi connectivity index (χ2v) is 16.6. The van der Waals surface area contributed by atoms with Gasteiger partial charge in [-0.2, -0.15) is 5.10 Å². The van der Waals surface area contributed by atoms with E-state index in [0.717, 1.165) is 49.2 Å². The number of carbonyl (C=O) groups is 1. The number of hydrogen-bond acceptors (Lipinski definition) is 10. The molecule has 2 aliphatic heterocycles. The predicted molar refractivity (Wildman–Crippen MR) is 232 cm³/mol. The van der Waals surface area contributed by atoms with Gasteiger partial charge in [-0.05, 0) is 92.1 Å². The molecule has 330 valence electrons. The SMILES string of the molecule is CC[C@@H]([C@H](C)O)n1ncn(-c2ccc(N3CCN(c4ccc(OC[C@@H]5CO[C@@](Cn6c[n+](Cc7ccc(OC(C)=O)c(Cl)c7)cn6)(c6ccc(F)cc6F)C5)cc4)CC3)cc2)c1=O. The van der Waals surface area contributed by atoms with Gasteiger partial charge in [-0.15, -0.1) is 4.68 Å². The molecule has 4 aromatic carbocycles. The van der Waals surface area contributed by atoms with Gasteiger partial charge in [0.25, 0.3) is 6.33 Å². The molecule has 14 nitrogen and oxygen atoms in total. The van der Waals surface area contributed by atoms with E-state index in [4.69, 9.17) is 25.8 Å². The molecule has 2 aliphatic rings. The Bertz CT molecular complexity index is 2590. The first-order valence-electron chi connectivity index (χ1n) is 21.0. The van der Waals surface area contributed by atoms with Crippen molar-refractivity contribution in [3.63, 3.8) is 0 Å². The van der Waals surface area contributed by atoms with Gasteiger partial charge >= 0.3 is 11.7 Å². The Morgan fingerprint density at radius 2 is 1.65 bits per heavy atom. The molecule has 6 aromatic rings. The lowest BCUT2D eigenvalue weighted by atomic mass is 9.87. The third-order valence-electron chi connectivity index (χ3n) is 11.7. The first-order valence-corrected chi connectivity index (χ1v) is 21.4. The average Bonchev–Trinajstić information content (AvgIpc) is 4.00. The number of ether oxygens (including phenoxy) is 3. The van der Waals surface area contributed by atoms with E-state index in [1.54, 1.807) is 42.5 Å². The third-order valence-corrected chi connectivity index (χ3v) is 12.0. The summed E-state index contributed by atoms with van der Waals surface area (Å²) < 4.78 is 53.7. The van der Waals surface area contributed by atoms with Crippen LogP contribution in [-0.2, 0) is 28.2 Å². The number of anilines is 2. The molecule has 0 saturated carbocycles. The van der Waals surface area contributed by atoms with Gasteiger partial charge < -0.3 is 29.1 Å². The maximum absolute atomic E-state index is 15.4. The molecule has 17 heteroatoms. The molecule has 4 heterocycles. The molecule has 0 unspecified atom stereocenters. The molecule has 0 radical (unpaired) electrons. The van der Waals surface area contributed by atoms with Gasteiger partial charge in [-0.25, -0.2) is 27.4 Å². The number of aromatic nitrogens is 6. The van der Waals surface area contributed by atoms with Crippen molar-refractivity contribution >= 4 is 28.9 Å². The topological polar surface area (TPSA) is 133 Å². The van der Waals surface area contributed by atoms with E-state index in [1.165, 1.54) is 34.6 Å². The van der Waals surface area contributed by atoms with Crippen LogP contribution in [-0.4, -0.2) is 80.7 Å². The van der Waals surface area contributed by atoms with Crippen LogP contribution in [0.25, 0.3) is 5.69 Å². The highest BCUT2D eigenvalue weighted by Crippen LogP contribution is 2.42. The van der Waals surface area contributed by atoms with Crippen LogP contribution in [0.2, 0.25) is 5.02 Å². The zero-order valence-corrected chi connectivity index (χ0v) is 36.1. The largest absolute Gasteiger partial charge is 0.493 e. The van der Waals surface area contributed by atoms with Gasteiger partial charge in [0, 0.05) is 67.1 Å². The second-order valence-electron chi connectivity index (χ2n) is 16.2. The van der Waals surface area contributed by atoms with Crippen molar-refractivity contribution < 1.29 is 37.5 Å². The molecule has 0 amide bonds. The van der Waals surface area contributed by atoms with Gasteiger partial charge in [0.05, 0.1) is 42.6 Å². The molecule has 2 aromatic heterocycles. The summed E-state index contributed by atoms with van der Waals surface area (Å²) in [4.78, 5) is 29.1. The highest BCUT2D eigenvalue weighted by Gasteiger charge is 2.46. The minimum absolute atomic E-state index is 0.0843. The Morgan fingerprint density at radius 1 is 0.968 bits per heavy atom. The number of aliphatic hydroxyl groups is 1. The Hall–Kier alpha value is -6.10. The molecule has 4 atom stereocenters. The number of esters is 1. The number of carbonyl (C=O) groups excluding carboxylic acids is 1. The molecule has 63 heavy (non-hydrogen) atoms. The summed E-state index contributed by atoms with van der Waals surface area (Å²) in [5.41, 5.74) is 2.57. The normalized spacial score (nSPS) is 18.7. The first kappa shape index (κ1) is 43.5. The van der Waals surface area contributed by atoms with Crippen molar-refractivity contribution in [3.8, 4) is 17.2 Å². The lowest BCUT2D eigenvalue weighted by molar-refractivity contribution is -0.689. The maximum atomic E-state index is 15.4. The summed E-state index contributed by atoms with van der Waals surface area (Å²) in [7, 11) is 0. The van der Waals surface area contributed by atoms with Crippen LogP contribution in [0.5, 0.6) is 11.5 Å². The fourth-order valence-corrected chi connectivity index (χ4v) is 8.79. The fourth-order valence-electron chi connectivity index (χ4n) is 8.54. The maximum Gasteiger partial charge on any atom is 0.350 e. The summed E-state index contributed by atoms with van der Waals surface area (Å²) in [6, 6.07) is 24.2. The van der Waals surface area contributed by atoms with Gasteiger partial charge in [0.15, 0.2) is 0 Å². The van der Waals surface area contributed by atoms with Crippen LogP contribution in [0.1, 0.15) is 50.8 Å². The lowest BCUT2D eigenvalue weighted by Crippen LogP contribution is -2.46. The summed E-state index contributed by atoms with van der Waals surface area (Å²) in [6.07, 6.45) is 5.25. The van der Waals surface area contributed by atoms with Crippen LogP contribution in [0.4, 0.5) is 20.2 Å². The van der Waals surface area contributed by atoms with Crippen molar-refractivity contribution in [2.75, 3.05) is 49.2 Å². The van der Waals surface area contributed by atoms with Crippen LogP contribution in [0, 0.1) is 17.6 Å². The van der Waals surface area contributed by atoms with Crippen LogP contribution < -0.4 is 29.5 Å². The van der Waals surface area contributed by atoms with Crippen LogP contribution in [0.15, 0.2) is 109 Å². The minimum Gasteiger partial charge on any atom is -0.493 e. The summed E-state index contributed by atoms with van der Waals surface area (Å²) in [5, 5.41) is 19.2. The van der Waals surface area contributed by atoms with E-state index in [9.17, 15) is 19.1 Å². The van der Waals surface area contributed by atoms with E-state index in [1.807, 2.05) is 47.9 Å². The van der Waals surface area contributed by atoms with E-state index >= 15 is 4.39 Å². The number of piperazine rings is 1. The molecule has 2 fully saturated rings. The molecule has 2 saturated heterocycles. The zero-order chi connectivity index (χ0) is 44.3. The number of halogens is 3. The molecule has 0 spiro atoms. The van der Waals surface area contributed by atoms with Gasteiger partial charge in [-0.3, -0.25) is 4.79 Å². The third kappa shape index (κ3) is 9.77. The van der Waals surface area contributed by atoms with Gasteiger partial charge in [0.2, 0.25) is 6.33 Å². The smallest absolute Gasteiger partial charge is 0.350 e. The van der Waals surface area contributed by atoms with E-state index in [0.29, 0.717) is 49.1 Å². The Labute approximate surface area is 368 Å². The van der Waals surface area contributed by atoms with Crippen LogP contribution >= 0.6 is 11.6 Å². The standard InChI is InChI=1S/C46H50ClF2N8O6/c1-4-43(31(2)58)57-45(60)56(29-51-57)38-9-7-36(8-10-38)53-17-19-54(20-18-53)37-11-13-39(14-12-37)61-25-34-23-46(62-26-34,40-15-6-35(48)22-42(40)49)27-55-30-52(28-50-55)24-33-5-16-44(41(47)21-33)63-32(3)59/h5-16,21-22,28-31,34,43,58H,4,17-20,23-27H2,1-3H3/q+1/t31-,34+,43-,46-/m0/s1. The van der Waals surface area contributed by atoms with Crippen molar-refractivity contribution in [2.45, 2.75) is 64.4 Å². The Balaban J connectivity index is 0.857. The quantitative estimate of drug-likeness (QED) is 0.0734. The van der Waals surface area contributed by atoms with Crippen molar-refractivity contribution in [2.24, 2.45) is 5.92 Å². The zero-order valence-electron chi connectivity index (χ0n) is 35.3. The lowest BCUT2D eigenvalue weighted by Gasteiger charge is -2.37. The Morgan fingerprint density at radius 3 is 2.29 bits per heavy atom. The molecular weight excluding hydrogens is 834 g/mol. The summed E-state index contributed by atoms with van der Waals surface area (Å²) >= 11 is 6.33. The second kappa shape index (κ2) is 18.7. The number of aliphatic hydroxyl groups excluding tert-OH is 1. The van der Waals surface area contributed by atoms with E-state index < -0.39 is 29.3 Å². The number of nitrogens with zero attached hydrogens (tertiary/aromatic N) is 8. The molecule has 8 rings (SSSR count). The molecule has 1 N–H and O–H groups in total. The van der Waals surface area contributed by atoms with Gasteiger partial charge in [-0.1, -0.05) is 30.7 Å². The summed E-state index contributed by atoms with van der Waals surface area (Å²) in [5.74, 6) is -0.921. The fraction of sp³-hybridized carbons (Fsp3) is 0.370. The van der Waals surface area contributed by atoms with E-state index in [2.05, 4.69) is 32.1 Å². The van der Waals surface area contributed by atoms with E-state index in [-0.39, 0.29) is 35.5 Å². The minimum atomic E-state index is -1.12. The highest BCUT2D eigenvalue weighted by atomic mass is 35.5.